The van der Waals surface area contributed by atoms with Crippen LogP contribution < -0.4 is 0 Å². The number of piperidine rings is 1. The molecule has 3 unspecified atom stereocenters. The summed E-state index contributed by atoms with van der Waals surface area (Å²) >= 11 is 6.58. The molecule has 0 aromatic rings. The zero-order valence-corrected chi connectivity index (χ0v) is 15.2. The van der Waals surface area contributed by atoms with E-state index < -0.39 is 0 Å². The van der Waals surface area contributed by atoms with Gasteiger partial charge >= 0.3 is 5.97 Å². The Morgan fingerprint density at radius 2 is 1.90 bits per heavy atom. The fourth-order valence-corrected chi connectivity index (χ4v) is 4.95. The Morgan fingerprint density at radius 3 is 2.40 bits per heavy atom. The summed E-state index contributed by atoms with van der Waals surface area (Å²) in [5, 5.41) is 0. The van der Waals surface area contributed by atoms with Crippen LogP contribution in [0.1, 0.15) is 38.5 Å². The number of carbonyl (C=O) groups excluding carboxylic acids is 1. The molecule has 5 heteroatoms. The van der Waals surface area contributed by atoms with Gasteiger partial charge in [-0.1, -0.05) is 31.9 Å². The molecule has 2 bridgehead atoms. The van der Waals surface area contributed by atoms with Gasteiger partial charge in [0, 0.05) is 5.92 Å². The number of hydrogen-bond acceptors (Lipinski definition) is 3. The molecule has 3 nitrogen and oxygen atoms in total. The first-order valence-corrected chi connectivity index (χ1v) is 9.54. The quantitative estimate of drug-likeness (QED) is 0.528. The van der Waals surface area contributed by atoms with Crippen LogP contribution in [0.5, 0.6) is 0 Å². The van der Waals surface area contributed by atoms with Gasteiger partial charge in [-0.25, -0.2) is 4.79 Å². The molecule has 0 aromatic heterocycles. The van der Waals surface area contributed by atoms with Gasteiger partial charge in [0.05, 0.1) is 0 Å². The number of likely N-dealkylation sites (tertiary alicyclic amines) is 1. The third-order valence-electron chi connectivity index (χ3n) is 5.72. The minimum atomic E-state index is -0.378. The lowest BCUT2D eigenvalue weighted by Gasteiger charge is -2.46. The second-order valence-corrected chi connectivity index (χ2v) is 9.89. The standard InChI is InChI=1S/C15H23Br2NO2/c1-18-6-4-11(5-7-18)15(20-14(19)13(16)17)9-10-2-3-12(15)8-10/h10-13H,2-9H2,1H3. The number of rotatable bonds is 3. The van der Waals surface area contributed by atoms with Crippen molar-refractivity contribution < 1.29 is 9.53 Å². The highest BCUT2D eigenvalue weighted by Gasteiger charge is 2.57. The second-order valence-electron chi connectivity index (χ2n) is 6.83. The Bertz CT molecular complexity index is 382. The molecule has 0 amide bonds. The smallest absolute Gasteiger partial charge is 0.331 e. The number of alkyl halides is 2. The highest BCUT2D eigenvalue weighted by atomic mass is 79.9. The van der Waals surface area contributed by atoms with Crippen molar-refractivity contribution in [2.45, 2.75) is 47.9 Å². The zero-order chi connectivity index (χ0) is 14.3. The lowest BCUT2D eigenvalue weighted by Crippen LogP contribution is -2.51. The van der Waals surface area contributed by atoms with Crippen molar-refractivity contribution in [2.75, 3.05) is 20.1 Å². The van der Waals surface area contributed by atoms with E-state index in [-0.39, 0.29) is 15.3 Å². The molecule has 20 heavy (non-hydrogen) atoms. The van der Waals surface area contributed by atoms with Crippen LogP contribution in [0.2, 0.25) is 0 Å². The number of ether oxygens (including phenoxy) is 1. The van der Waals surface area contributed by atoms with Crippen molar-refractivity contribution in [1.29, 1.82) is 0 Å². The van der Waals surface area contributed by atoms with Gasteiger partial charge in [-0.2, -0.15) is 0 Å². The minimum absolute atomic E-state index is 0.142. The molecule has 0 spiro atoms. The SMILES string of the molecule is CN1CCC(C2(OC(=O)C(Br)Br)CC3CCC2C3)CC1. The number of nitrogens with zero attached hydrogens (tertiary/aromatic N) is 1. The summed E-state index contributed by atoms with van der Waals surface area (Å²) < 4.78 is 5.74. The summed E-state index contributed by atoms with van der Waals surface area (Å²) in [5.74, 6) is 1.80. The van der Waals surface area contributed by atoms with Gasteiger partial charge in [-0.05, 0) is 70.5 Å². The minimum Gasteiger partial charge on any atom is -0.457 e. The molecular weight excluding hydrogens is 386 g/mol. The van der Waals surface area contributed by atoms with Gasteiger partial charge in [0.25, 0.3) is 0 Å². The molecule has 0 N–H and O–H groups in total. The van der Waals surface area contributed by atoms with Crippen LogP contribution in [0.3, 0.4) is 0 Å². The van der Waals surface area contributed by atoms with Crippen molar-refractivity contribution in [1.82, 2.24) is 4.90 Å². The van der Waals surface area contributed by atoms with E-state index in [1.807, 2.05) is 0 Å². The normalized spacial score (nSPS) is 38.6. The molecule has 114 valence electrons. The zero-order valence-electron chi connectivity index (χ0n) is 12.0. The van der Waals surface area contributed by atoms with Crippen molar-refractivity contribution >= 4 is 37.8 Å². The number of hydrogen-bond donors (Lipinski definition) is 0. The Kier molecular flexibility index (Phi) is 4.50. The first kappa shape index (κ1) is 15.3. The van der Waals surface area contributed by atoms with E-state index in [1.165, 1.54) is 32.1 Å². The molecule has 1 saturated heterocycles. The number of fused-ring (bicyclic) bond motifs is 2. The lowest BCUT2D eigenvalue weighted by molar-refractivity contribution is -0.175. The first-order valence-electron chi connectivity index (χ1n) is 7.71. The predicted octanol–water partition coefficient (Wildman–Crippen LogP) is 3.55. The predicted molar refractivity (Wildman–Crippen MR) is 86.1 cm³/mol. The molecule has 1 aliphatic heterocycles. The van der Waals surface area contributed by atoms with E-state index in [0.717, 1.165) is 25.4 Å². The maximum Gasteiger partial charge on any atom is 0.331 e. The van der Waals surface area contributed by atoms with Crippen LogP contribution in [-0.4, -0.2) is 40.3 Å². The second kappa shape index (κ2) is 5.88. The van der Waals surface area contributed by atoms with E-state index in [9.17, 15) is 4.79 Å². The molecule has 3 fully saturated rings. The summed E-state index contributed by atoms with van der Waals surface area (Å²) in [5.41, 5.74) is -0.166. The molecule has 2 saturated carbocycles. The summed E-state index contributed by atoms with van der Waals surface area (Å²) in [6, 6.07) is 0. The van der Waals surface area contributed by atoms with Crippen molar-refractivity contribution in [3.05, 3.63) is 0 Å². The summed E-state index contributed by atoms with van der Waals surface area (Å²) in [6.07, 6.45) is 7.30. The highest BCUT2D eigenvalue weighted by molar-refractivity contribution is 9.25. The van der Waals surface area contributed by atoms with Crippen LogP contribution in [0.15, 0.2) is 0 Å². The summed E-state index contributed by atoms with van der Waals surface area (Å²) in [4.78, 5) is 14.5. The Hall–Kier alpha value is 0.390. The van der Waals surface area contributed by atoms with Crippen LogP contribution >= 0.6 is 31.9 Å². The van der Waals surface area contributed by atoms with Gasteiger partial charge in [0.2, 0.25) is 0 Å². The largest absolute Gasteiger partial charge is 0.457 e. The fraction of sp³-hybridized carbons (Fsp3) is 0.933. The van der Waals surface area contributed by atoms with E-state index in [0.29, 0.717) is 11.8 Å². The molecule has 1 heterocycles. The molecule has 2 aliphatic carbocycles. The van der Waals surface area contributed by atoms with E-state index in [2.05, 4.69) is 43.8 Å². The third-order valence-corrected chi connectivity index (χ3v) is 6.47. The van der Waals surface area contributed by atoms with Crippen LogP contribution in [0, 0.1) is 17.8 Å². The van der Waals surface area contributed by atoms with Gasteiger partial charge in [0.15, 0.2) is 3.74 Å². The van der Waals surface area contributed by atoms with Crippen molar-refractivity contribution in [3.63, 3.8) is 0 Å². The lowest BCUT2D eigenvalue weighted by atomic mass is 9.71. The van der Waals surface area contributed by atoms with Gasteiger partial charge < -0.3 is 9.64 Å². The number of esters is 1. The van der Waals surface area contributed by atoms with E-state index in [4.69, 9.17) is 4.74 Å². The fourth-order valence-electron chi connectivity index (χ4n) is 4.76. The molecule has 0 aromatic carbocycles. The van der Waals surface area contributed by atoms with Gasteiger partial charge in [0.1, 0.15) is 5.60 Å². The highest BCUT2D eigenvalue weighted by Crippen LogP contribution is 2.57. The maximum absolute atomic E-state index is 12.2. The topological polar surface area (TPSA) is 29.5 Å². The van der Waals surface area contributed by atoms with Crippen LogP contribution in [0.4, 0.5) is 0 Å². The molecule has 3 atom stereocenters. The molecule has 3 rings (SSSR count). The Labute approximate surface area is 138 Å². The average molecular weight is 409 g/mol. The molecule has 3 aliphatic rings. The first-order chi connectivity index (χ1) is 9.51. The number of carbonyl (C=O) groups is 1. The Balaban J connectivity index is 1.79. The van der Waals surface area contributed by atoms with E-state index in [1.54, 1.807) is 0 Å². The van der Waals surface area contributed by atoms with Crippen molar-refractivity contribution in [2.24, 2.45) is 17.8 Å². The third kappa shape index (κ3) is 2.70. The van der Waals surface area contributed by atoms with Gasteiger partial charge in [-0.3, -0.25) is 0 Å². The maximum atomic E-state index is 12.2. The monoisotopic (exact) mass is 407 g/mol. The Morgan fingerprint density at radius 1 is 1.20 bits per heavy atom. The van der Waals surface area contributed by atoms with Crippen molar-refractivity contribution in [3.8, 4) is 0 Å². The summed E-state index contributed by atoms with van der Waals surface area (Å²) in [6.45, 7) is 2.26. The summed E-state index contributed by atoms with van der Waals surface area (Å²) in [7, 11) is 2.18. The number of halogens is 2. The average Bonchev–Trinajstić information content (AvgIpc) is 3.00. The van der Waals surface area contributed by atoms with Crippen LogP contribution in [0.25, 0.3) is 0 Å². The molecule has 0 radical (unpaired) electrons. The van der Waals surface area contributed by atoms with E-state index >= 15 is 0 Å². The molecular formula is C15H23Br2NO2. The van der Waals surface area contributed by atoms with Crippen LogP contribution in [-0.2, 0) is 9.53 Å². The van der Waals surface area contributed by atoms with Gasteiger partial charge in [-0.15, -0.1) is 0 Å².